The van der Waals surface area contributed by atoms with Crippen LogP contribution in [-0.4, -0.2) is 37.2 Å². The molecule has 0 aromatic carbocycles. The van der Waals surface area contributed by atoms with Crippen LogP contribution in [0.1, 0.15) is 245 Å². The fraction of sp³-hybridized carbons (Fsp3) is 0.707. The number of unbranched alkanes of at least 4 members (excludes halogenated alkanes) is 22. The Morgan fingerprint density at radius 3 is 1.05 bits per heavy atom. The Morgan fingerprint density at radius 1 is 0.328 bits per heavy atom. The summed E-state index contributed by atoms with van der Waals surface area (Å²) in [5.41, 5.74) is 0. The zero-order chi connectivity index (χ0) is 46.5. The van der Waals surface area contributed by atoms with Crippen molar-refractivity contribution < 1.29 is 28.6 Å². The molecule has 0 aromatic rings. The summed E-state index contributed by atoms with van der Waals surface area (Å²) >= 11 is 0. The van der Waals surface area contributed by atoms with Crippen LogP contribution >= 0.6 is 0 Å². The first-order valence-corrected chi connectivity index (χ1v) is 26.6. The van der Waals surface area contributed by atoms with E-state index in [0.717, 1.165) is 89.9 Å². The topological polar surface area (TPSA) is 78.9 Å². The van der Waals surface area contributed by atoms with Crippen LogP contribution in [-0.2, 0) is 28.6 Å². The van der Waals surface area contributed by atoms with Crippen LogP contribution in [0.3, 0.4) is 0 Å². The molecule has 0 saturated carbocycles. The van der Waals surface area contributed by atoms with E-state index >= 15 is 0 Å². The van der Waals surface area contributed by atoms with E-state index < -0.39 is 6.10 Å². The van der Waals surface area contributed by atoms with Gasteiger partial charge in [-0.05, 0) is 89.9 Å². The van der Waals surface area contributed by atoms with E-state index in [2.05, 4.69) is 106 Å². The third kappa shape index (κ3) is 49.6. The molecule has 0 N–H and O–H groups in total. The fourth-order valence-corrected chi connectivity index (χ4v) is 7.15. The highest BCUT2D eigenvalue weighted by Gasteiger charge is 2.19. The predicted molar refractivity (Wildman–Crippen MR) is 274 cm³/mol. The summed E-state index contributed by atoms with van der Waals surface area (Å²) in [6.45, 7) is 6.44. The molecule has 64 heavy (non-hydrogen) atoms. The fourth-order valence-electron chi connectivity index (χ4n) is 7.15. The molecule has 0 radical (unpaired) electrons. The maximum absolute atomic E-state index is 12.8. The smallest absolute Gasteiger partial charge is 0.306 e. The molecule has 0 amide bonds. The minimum Gasteiger partial charge on any atom is -0.462 e. The van der Waals surface area contributed by atoms with Crippen molar-refractivity contribution in [2.45, 2.75) is 252 Å². The maximum atomic E-state index is 12.8. The molecular formula is C58H98O6. The Kier molecular flexibility index (Phi) is 49.4. The maximum Gasteiger partial charge on any atom is 0.306 e. The highest BCUT2D eigenvalue weighted by Crippen LogP contribution is 2.14. The molecule has 0 rings (SSSR count). The molecular weight excluding hydrogens is 793 g/mol. The second-order valence-corrected chi connectivity index (χ2v) is 17.4. The second-order valence-electron chi connectivity index (χ2n) is 17.4. The van der Waals surface area contributed by atoms with Gasteiger partial charge in [-0.15, -0.1) is 0 Å². The number of rotatable bonds is 47. The average Bonchev–Trinajstić information content (AvgIpc) is 3.29. The highest BCUT2D eigenvalue weighted by atomic mass is 16.6. The number of ether oxygens (including phenoxy) is 3. The third-order valence-corrected chi connectivity index (χ3v) is 11.1. The van der Waals surface area contributed by atoms with Gasteiger partial charge in [0, 0.05) is 19.3 Å². The van der Waals surface area contributed by atoms with Gasteiger partial charge in [0.05, 0.1) is 0 Å². The number of esters is 3. The van der Waals surface area contributed by atoms with Crippen molar-refractivity contribution >= 4 is 17.9 Å². The average molecular weight is 891 g/mol. The standard InChI is InChI=1S/C58H98O6/c1-4-7-10-13-16-19-22-25-27-29-31-33-36-39-42-45-48-51-57(60)63-54-55(53-62-56(59)50-47-44-41-38-35-24-21-18-15-12-9-6-3)64-58(61)52-49-46-43-40-37-34-32-30-28-26-23-20-17-14-11-8-5-2/h7,10,16-17,19-20,25-28,31,33,39,42,55H,4-6,8-9,11-15,18,21-24,29-30,32,34-38,40-41,43-54H2,1-3H3/b10-7-,19-16-,20-17-,27-25-,28-26-,33-31-,42-39-/t55-/m1/s1. The third-order valence-electron chi connectivity index (χ3n) is 11.1. The van der Waals surface area contributed by atoms with Crippen molar-refractivity contribution in [2.24, 2.45) is 0 Å². The van der Waals surface area contributed by atoms with Crippen LogP contribution in [0.5, 0.6) is 0 Å². The van der Waals surface area contributed by atoms with Gasteiger partial charge >= 0.3 is 17.9 Å². The summed E-state index contributed by atoms with van der Waals surface area (Å²) < 4.78 is 16.8. The van der Waals surface area contributed by atoms with Gasteiger partial charge in [0.1, 0.15) is 13.2 Å². The van der Waals surface area contributed by atoms with Crippen molar-refractivity contribution in [3.63, 3.8) is 0 Å². The van der Waals surface area contributed by atoms with Gasteiger partial charge in [-0.1, -0.05) is 221 Å². The number of allylic oxidation sites excluding steroid dienone is 14. The molecule has 0 aliphatic carbocycles. The molecule has 0 unspecified atom stereocenters. The molecule has 1 atom stereocenters. The quantitative estimate of drug-likeness (QED) is 0.0262. The van der Waals surface area contributed by atoms with E-state index in [1.165, 1.54) is 109 Å². The first-order valence-electron chi connectivity index (χ1n) is 26.6. The molecule has 0 spiro atoms. The van der Waals surface area contributed by atoms with Crippen LogP contribution in [0, 0.1) is 0 Å². The predicted octanol–water partition coefficient (Wildman–Crippen LogP) is 17.6. The van der Waals surface area contributed by atoms with E-state index in [9.17, 15) is 14.4 Å². The molecule has 0 bridgehead atoms. The van der Waals surface area contributed by atoms with E-state index in [0.29, 0.717) is 19.3 Å². The minimum absolute atomic E-state index is 0.0961. The second kappa shape index (κ2) is 52.2. The first kappa shape index (κ1) is 60.6. The lowest BCUT2D eigenvalue weighted by atomic mass is 10.0. The lowest BCUT2D eigenvalue weighted by molar-refractivity contribution is -0.167. The lowest BCUT2D eigenvalue weighted by Crippen LogP contribution is -2.30. The molecule has 0 aliphatic rings. The van der Waals surface area contributed by atoms with E-state index in [-0.39, 0.29) is 37.5 Å². The van der Waals surface area contributed by atoms with Gasteiger partial charge < -0.3 is 14.2 Å². The van der Waals surface area contributed by atoms with Crippen LogP contribution in [0.2, 0.25) is 0 Å². The molecule has 0 aliphatic heterocycles. The molecule has 6 nitrogen and oxygen atoms in total. The SMILES string of the molecule is CC/C=C\C/C=C\C/C=C\C/C=C\C/C=C\CCCC(=O)OC[C@@H](COC(=O)CCCCCCCCCCCCCC)OC(=O)CCCCCCCCC/C=C\C/C=C\CCCCC. The van der Waals surface area contributed by atoms with Crippen LogP contribution < -0.4 is 0 Å². The van der Waals surface area contributed by atoms with Crippen LogP contribution in [0.15, 0.2) is 85.1 Å². The Balaban J connectivity index is 4.48. The lowest BCUT2D eigenvalue weighted by Gasteiger charge is -2.18. The normalized spacial score (nSPS) is 12.7. The van der Waals surface area contributed by atoms with Crippen molar-refractivity contribution in [3.8, 4) is 0 Å². The van der Waals surface area contributed by atoms with Gasteiger partial charge in [-0.2, -0.15) is 0 Å². The Morgan fingerprint density at radius 2 is 0.625 bits per heavy atom. The number of hydrogen-bond donors (Lipinski definition) is 0. The van der Waals surface area contributed by atoms with Crippen molar-refractivity contribution in [3.05, 3.63) is 85.1 Å². The minimum atomic E-state index is -0.802. The molecule has 0 aromatic heterocycles. The Hall–Kier alpha value is -3.41. The summed E-state index contributed by atoms with van der Waals surface area (Å²) in [5, 5.41) is 0. The van der Waals surface area contributed by atoms with Gasteiger partial charge in [-0.25, -0.2) is 0 Å². The number of hydrogen-bond acceptors (Lipinski definition) is 6. The van der Waals surface area contributed by atoms with E-state index in [1.54, 1.807) is 0 Å². The van der Waals surface area contributed by atoms with Gasteiger partial charge in [0.2, 0.25) is 0 Å². The molecule has 0 fully saturated rings. The summed E-state index contributed by atoms with van der Waals surface area (Å²) in [5.74, 6) is -0.963. The number of carbonyl (C=O) groups is 3. The zero-order valence-corrected chi connectivity index (χ0v) is 41.8. The summed E-state index contributed by atoms with van der Waals surface area (Å²) in [4.78, 5) is 38.0. The Labute approximate surface area is 395 Å². The van der Waals surface area contributed by atoms with E-state index in [4.69, 9.17) is 14.2 Å². The monoisotopic (exact) mass is 891 g/mol. The van der Waals surface area contributed by atoms with Gasteiger partial charge in [0.25, 0.3) is 0 Å². The van der Waals surface area contributed by atoms with Gasteiger partial charge in [-0.3, -0.25) is 14.4 Å². The highest BCUT2D eigenvalue weighted by molar-refractivity contribution is 5.71. The van der Waals surface area contributed by atoms with Crippen molar-refractivity contribution in [2.75, 3.05) is 13.2 Å². The van der Waals surface area contributed by atoms with Crippen LogP contribution in [0.25, 0.3) is 0 Å². The summed E-state index contributed by atoms with van der Waals surface area (Å²) in [6.07, 6.45) is 67.1. The van der Waals surface area contributed by atoms with E-state index in [1.807, 2.05) is 0 Å². The van der Waals surface area contributed by atoms with Crippen LogP contribution in [0.4, 0.5) is 0 Å². The summed E-state index contributed by atoms with van der Waals surface area (Å²) in [7, 11) is 0. The van der Waals surface area contributed by atoms with Crippen molar-refractivity contribution in [1.82, 2.24) is 0 Å². The van der Waals surface area contributed by atoms with Crippen molar-refractivity contribution in [1.29, 1.82) is 0 Å². The first-order chi connectivity index (χ1) is 31.5. The largest absolute Gasteiger partial charge is 0.462 e. The number of carbonyl (C=O) groups excluding carboxylic acids is 3. The molecule has 0 saturated heterocycles. The molecule has 6 heteroatoms. The Bertz CT molecular complexity index is 1250. The molecule has 366 valence electrons. The zero-order valence-electron chi connectivity index (χ0n) is 41.8. The van der Waals surface area contributed by atoms with Gasteiger partial charge in [0.15, 0.2) is 6.10 Å². The molecule has 0 heterocycles. The summed E-state index contributed by atoms with van der Waals surface area (Å²) in [6, 6.07) is 0.